The number of ether oxygens (including phenoxy) is 1. The molecule has 0 bridgehead atoms. The number of amides is 1. The van der Waals surface area contributed by atoms with E-state index in [-0.39, 0.29) is 5.83 Å². The molecule has 174 valence electrons. The van der Waals surface area contributed by atoms with Gasteiger partial charge in [-0.2, -0.15) is 0 Å². The molecule has 1 aliphatic rings. The minimum Gasteiger partial charge on any atom is -0.444 e. The summed E-state index contributed by atoms with van der Waals surface area (Å²) in [4.78, 5) is 24.0. The van der Waals surface area contributed by atoms with Gasteiger partial charge in [0.2, 0.25) is 0 Å². The molecule has 3 N–H and O–H groups in total. The van der Waals surface area contributed by atoms with Crippen molar-refractivity contribution >= 4 is 34.2 Å². The van der Waals surface area contributed by atoms with Gasteiger partial charge in [-0.1, -0.05) is 23.7 Å². The van der Waals surface area contributed by atoms with Crippen LogP contribution < -0.4 is 5.32 Å². The first kappa shape index (κ1) is 23.1. The van der Waals surface area contributed by atoms with Crippen LogP contribution in [-0.2, 0) is 16.7 Å². The van der Waals surface area contributed by atoms with Gasteiger partial charge in [-0.3, -0.25) is 0 Å². The number of nitrogens with zero attached hydrogens (tertiary/aromatic N) is 1. The normalized spacial score (nSPS) is 16.2. The molecule has 0 saturated heterocycles. The van der Waals surface area contributed by atoms with Gasteiger partial charge in [0.05, 0.1) is 5.69 Å². The van der Waals surface area contributed by atoms with Gasteiger partial charge in [0.1, 0.15) is 22.8 Å². The van der Waals surface area contributed by atoms with E-state index in [1.54, 1.807) is 12.3 Å². The van der Waals surface area contributed by atoms with Crippen molar-refractivity contribution in [2.75, 3.05) is 0 Å². The van der Waals surface area contributed by atoms with Gasteiger partial charge in [0, 0.05) is 41.2 Å². The Morgan fingerprint density at radius 2 is 1.97 bits per heavy atom. The van der Waals surface area contributed by atoms with Crippen molar-refractivity contribution in [1.29, 1.82) is 0 Å². The fourth-order valence-electron chi connectivity index (χ4n) is 4.00. The SMILES string of the molecule is CC(C)(C)OC(=O)N[C@](C)(Cc1c[nH]c2cc(Cl)ccc12)c1nc(C2=CC=C(F)CC2)c[nH]1. The number of carbonyl (C=O) groups is 1. The lowest BCUT2D eigenvalue weighted by molar-refractivity contribution is 0.0456. The summed E-state index contributed by atoms with van der Waals surface area (Å²) in [5, 5.41) is 4.68. The molecule has 2 aromatic heterocycles. The molecule has 33 heavy (non-hydrogen) atoms. The number of imidazole rings is 1. The number of aromatic amines is 2. The van der Waals surface area contributed by atoms with Crippen LogP contribution in [0.15, 0.2) is 48.6 Å². The van der Waals surface area contributed by atoms with Crippen molar-refractivity contribution in [1.82, 2.24) is 20.3 Å². The Hall–Kier alpha value is -3.06. The van der Waals surface area contributed by atoms with Gasteiger partial charge in [0.25, 0.3) is 0 Å². The number of hydrogen-bond acceptors (Lipinski definition) is 3. The smallest absolute Gasteiger partial charge is 0.408 e. The number of aromatic nitrogens is 3. The molecule has 0 saturated carbocycles. The molecule has 1 amide bonds. The number of alkyl carbamates (subject to hydrolysis) is 1. The molecule has 3 aromatic rings. The number of hydrogen-bond donors (Lipinski definition) is 3. The Bertz CT molecular complexity index is 1250. The van der Waals surface area contributed by atoms with Crippen LogP contribution in [0.3, 0.4) is 0 Å². The highest BCUT2D eigenvalue weighted by Crippen LogP contribution is 2.32. The minimum atomic E-state index is -0.897. The van der Waals surface area contributed by atoms with E-state index >= 15 is 0 Å². The molecular weight excluding hydrogens is 443 g/mol. The van der Waals surface area contributed by atoms with Crippen LogP contribution in [0.25, 0.3) is 16.5 Å². The summed E-state index contributed by atoms with van der Waals surface area (Å²) in [5.74, 6) is 0.452. The van der Waals surface area contributed by atoms with Crippen molar-refractivity contribution < 1.29 is 13.9 Å². The maximum Gasteiger partial charge on any atom is 0.408 e. The zero-order chi connectivity index (χ0) is 23.8. The molecule has 0 fully saturated rings. The summed E-state index contributed by atoms with van der Waals surface area (Å²) >= 11 is 6.13. The molecule has 8 heteroatoms. The maximum atomic E-state index is 13.4. The third kappa shape index (κ3) is 5.30. The number of carbonyl (C=O) groups excluding carboxylic acids is 1. The lowest BCUT2D eigenvalue weighted by Gasteiger charge is -2.30. The molecule has 0 aliphatic heterocycles. The lowest BCUT2D eigenvalue weighted by Crippen LogP contribution is -2.48. The Morgan fingerprint density at radius 3 is 2.67 bits per heavy atom. The Morgan fingerprint density at radius 1 is 1.18 bits per heavy atom. The first-order chi connectivity index (χ1) is 15.5. The highest BCUT2D eigenvalue weighted by atomic mass is 35.5. The molecule has 0 spiro atoms. The van der Waals surface area contributed by atoms with Gasteiger partial charge >= 0.3 is 6.09 Å². The summed E-state index contributed by atoms with van der Waals surface area (Å²) < 4.78 is 19.0. The fourth-order valence-corrected chi connectivity index (χ4v) is 4.17. The molecule has 6 nitrogen and oxygen atoms in total. The number of nitrogens with one attached hydrogen (secondary N) is 3. The van der Waals surface area contributed by atoms with E-state index in [1.807, 2.05) is 52.1 Å². The molecule has 1 aliphatic carbocycles. The molecule has 0 unspecified atom stereocenters. The average molecular weight is 471 g/mol. The summed E-state index contributed by atoms with van der Waals surface area (Å²) in [6.45, 7) is 7.37. The second kappa shape index (κ2) is 8.71. The fraction of sp³-hybridized carbons (Fsp3) is 0.360. The van der Waals surface area contributed by atoms with E-state index in [4.69, 9.17) is 21.3 Å². The zero-order valence-electron chi connectivity index (χ0n) is 19.2. The summed E-state index contributed by atoms with van der Waals surface area (Å²) in [6, 6.07) is 5.66. The predicted octanol–water partition coefficient (Wildman–Crippen LogP) is 6.56. The quantitative estimate of drug-likeness (QED) is 0.395. The molecule has 2 heterocycles. The first-order valence-electron chi connectivity index (χ1n) is 10.9. The number of rotatable bonds is 5. The maximum absolute atomic E-state index is 13.4. The van der Waals surface area contributed by atoms with Crippen molar-refractivity contribution in [3.8, 4) is 0 Å². The molecule has 1 aromatic carbocycles. The summed E-state index contributed by atoms with van der Waals surface area (Å²) in [6.07, 6.45) is 7.79. The van der Waals surface area contributed by atoms with E-state index in [9.17, 15) is 9.18 Å². The minimum absolute atomic E-state index is 0.134. The number of benzene rings is 1. The van der Waals surface area contributed by atoms with Crippen LogP contribution in [0.2, 0.25) is 5.02 Å². The van der Waals surface area contributed by atoms with Crippen molar-refractivity contribution in [2.45, 2.75) is 58.1 Å². The van der Waals surface area contributed by atoms with E-state index in [0.717, 1.165) is 27.7 Å². The number of allylic oxidation sites excluding steroid dienone is 4. The van der Waals surface area contributed by atoms with E-state index in [1.165, 1.54) is 6.08 Å². The predicted molar refractivity (Wildman–Crippen MR) is 129 cm³/mol. The van der Waals surface area contributed by atoms with Crippen molar-refractivity contribution in [3.63, 3.8) is 0 Å². The van der Waals surface area contributed by atoms with Crippen LogP contribution in [0.4, 0.5) is 9.18 Å². The highest BCUT2D eigenvalue weighted by Gasteiger charge is 2.35. The van der Waals surface area contributed by atoms with Crippen molar-refractivity contribution in [3.05, 3.63) is 70.7 Å². The third-order valence-electron chi connectivity index (χ3n) is 5.58. The van der Waals surface area contributed by atoms with E-state index in [0.29, 0.717) is 30.1 Å². The second-order valence-corrected chi connectivity index (χ2v) is 10.0. The van der Waals surface area contributed by atoms with Gasteiger partial charge in [-0.05, 0) is 63.5 Å². The van der Waals surface area contributed by atoms with Crippen LogP contribution in [0.5, 0.6) is 0 Å². The molecule has 4 rings (SSSR count). The van der Waals surface area contributed by atoms with Crippen LogP contribution >= 0.6 is 11.6 Å². The Labute approximate surface area is 197 Å². The number of halogens is 2. The van der Waals surface area contributed by atoms with Gasteiger partial charge in [0.15, 0.2) is 0 Å². The molecular formula is C25H28ClFN4O2. The molecule has 0 radical (unpaired) electrons. The Kier molecular flexibility index (Phi) is 6.10. The Balaban J connectivity index is 1.69. The van der Waals surface area contributed by atoms with Gasteiger partial charge < -0.3 is 20.0 Å². The lowest BCUT2D eigenvalue weighted by atomic mass is 9.91. The second-order valence-electron chi connectivity index (χ2n) is 9.58. The highest BCUT2D eigenvalue weighted by molar-refractivity contribution is 6.31. The van der Waals surface area contributed by atoms with Crippen LogP contribution in [0, 0.1) is 0 Å². The number of fused-ring (bicyclic) bond motifs is 1. The van der Waals surface area contributed by atoms with Crippen LogP contribution in [0.1, 0.15) is 57.6 Å². The standard InChI is InChI=1S/C25H28ClFN4O2/c1-24(2,3)33-23(32)31-25(4,12-16-13-28-20-11-17(26)7-10-19(16)20)22-29-14-21(30-22)15-5-8-18(27)9-6-15/h5,7-8,10-11,13-14,28H,6,9,12H2,1-4H3,(H,29,30)(H,31,32)/t25-/m1/s1. The van der Waals surface area contributed by atoms with E-state index in [2.05, 4.69) is 15.3 Å². The largest absolute Gasteiger partial charge is 0.444 e. The monoisotopic (exact) mass is 470 g/mol. The van der Waals surface area contributed by atoms with E-state index < -0.39 is 17.2 Å². The van der Waals surface area contributed by atoms with Gasteiger partial charge in [-0.25, -0.2) is 14.2 Å². The third-order valence-corrected chi connectivity index (χ3v) is 5.81. The number of H-pyrrole nitrogens is 2. The van der Waals surface area contributed by atoms with Crippen LogP contribution in [-0.4, -0.2) is 26.6 Å². The summed E-state index contributed by atoms with van der Waals surface area (Å²) in [7, 11) is 0. The zero-order valence-corrected chi connectivity index (χ0v) is 19.9. The summed E-state index contributed by atoms with van der Waals surface area (Å²) in [5.41, 5.74) is 2.06. The topological polar surface area (TPSA) is 82.8 Å². The average Bonchev–Trinajstić information content (AvgIpc) is 3.35. The van der Waals surface area contributed by atoms with Crippen molar-refractivity contribution in [2.24, 2.45) is 0 Å². The van der Waals surface area contributed by atoms with Gasteiger partial charge in [-0.15, -0.1) is 0 Å². The first-order valence-corrected chi connectivity index (χ1v) is 11.3. The molecule has 1 atom stereocenters.